The zero-order chi connectivity index (χ0) is 14.1. The van der Waals surface area contributed by atoms with Crippen molar-refractivity contribution in [3.8, 4) is 5.69 Å². The fourth-order valence-corrected chi connectivity index (χ4v) is 2.88. The molecule has 0 saturated carbocycles. The minimum Gasteiger partial charge on any atom is -0.395 e. The Hall–Kier alpha value is -1.79. The molecule has 1 saturated heterocycles. The number of aryl methyl sites for hydroxylation is 2. The van der Waals surface area contributed by atoms with Gasteiger partial charge in [0.2, 0.25) is 0 Å². The summed E-state index contributed by atoms with van der Waals surface area (Å²) in [6.45, 7) is 4.28. The highest BCUT2D eigenvalue weighted by molar-refractivity contribution is 5.46. The van der Waals surface area contributed by atoms with Crippen LogP contribution in [0.4, 0.5) is 0 Å². The first-order valence-electron chi connectivity index (χ1n) is 6.92. The second kappa shape index (κ2) is 5.30. The van der Waals surface area contributed by atoms with Crippen molar-refractivity contribution in [2.24, 2.45) is 0 Å². The van der Waals surface area contributed by atoms with Gasteiger partial charge in [0.1, 0.15) is 0 Å². The van der Waals surface area contributed by atoms with E-state index in [4.69, 9.17) is 0 Å². The molecule has 6 heteroatoms. The van der Waals surface area contributed by atoms with Gasteiger partial charge in [-0.3, -0.25) is 0 Å². The summed E-state index contributed by atoms with van der Waals surface area (Å²) in [5, 5.41) is 24.8. The molecule has 2 heterocycles. The number of rotatable bonds is 3. The zero-order valence-electron chi connectivity index (χ0n) is 11.7. The first-order chi connectivity index (χ1) is 9.70. The zero-order valence-corrected chi connectivity index (χ0v) is 11.7. The van der Waals surface area contributed by atoms with Gasteiger partial charge in [-0.05, 0) is 48.2 Å². The van der Waals surface area contributed by atoms with Gasteiger partial charge in [0.15, 0.2) is 5.82 Å². The van der Waals surface area contributed by atoms with Crippen LogP contribution in [-0.4, -0.2) is 38.0 Å². The third-order valence-corrected chi connectivity index (χ3v) is 3.92. The molecule has 20 heavy (non-hydrogen) atoms. The fourth-order valence-electron chi connectivity index (χ4n) is 2.88. The van der Waals surface area contributed by atoms with Gasteiger partial charge in [0.05, 0.1) is 18.3 Å². The average molecular weight is 273 g/mol. The number of para-hydroxylation sites is 1. The topological polar surface area (TPSA) is 75.9 Å². The Labute approximate surface area is 117 Å². The number of nitrogens with zero attached hydrogens (tertiary/aromatic N) is 4. The van der Waals surface area contributed by atoms with E-state index in [2.05, 4.69) is 46.8 Å². The van der Waals surface area contributed by atoms with Crippen LogP contribution in [0.1, 0.15) is 35.8 Å². The Morgan fingerprint density at radius 1 is 1.30 bits per heavy atom. The number of tetrazole rings is 1. The van der Waals surface area contributed by atoms with Crippen molar-refractivity contribution in [1.82, 2.24) is 25.5 Å². The summed E-state index contributed by atoms with van der Waals surface area (Å²) in [5.74, 6) is 0.818. The maximum atomic E-state index is 9.23. The van der Waals surface area contributed by atoms with Crippen LogP contribution in [0.5, 0.6) is 0 Å². The minimum atomic E-state index is 0.0983. The number of benzene rings is 1. The molecule has 1 aromatic carbocycles. The molecule has 0 bridgehead atoms. The lowest BCUT2D eigenvalue weighted by Crippen LogP contribution is -2.28. The smallest absolute Gasteiger partial charge is 0.173 e. The molecule has 2 N–H and O–H groups in total. The quantitative estimate of drug-likeness (QED) is 0.874. The van der Waals surface area contributed by atoms with Gasteiger partial charge in [0, 0.05) is 6.04 Å². The highest BCUT2D eigenvalue weighted by Gasteiger charge is 2.29. The highest BCUT2D eigenvalue weighted by Crippen LogP contribution is 2.27. The van der Waals surface area contributed by atoms with Gasteiger partial charge in [-0.2, -0.15) is 4.68 Å². The van der Waals surface area contributed by atoms with Gasteiger partial charge in [-0.25, -0.2) is 0 Å². The SMILES string of the molecule is Cc1cccc(C)c1-n1nnnc1[C@H]1CC[C@@H](CO)N1. The number of aliphatic hydroxyl groups excluding tert-OH is 1. The number of hydrogen-bond donors (Lipinski definition) is 2. The Morgan fingerprint density at radius 3 is 2.70 bits per heavy atom. The van der Waals surface area contributed by atoms with Gasteiger partial charge in [-0.15, -0.1) is 5.10 Å². The van der Waals surface area contributed by atoms with Crippen molar-refractivity contribution in [2.45, 2.75) is 38.8 Å². The standard InChI is InChI=1S/C14H19N5O/c1-9-4-3-5-10(2)13(9)19-14(16-17-18-19)12-7-6-11(8-20)15-12/h3-5,11-12,15,20H,6-8H2,1-2H3/t11-,12+/m0/s1. The van der Waals surface area contributed by atoms with Crippen molar-refractivity contribution in [3.63, 3.8) is 0 Å². The first kappa shape index (κ1) is 13.2. The third-order valence-electron chi connectivity index (χ3n) is 3.92. The van der Waals surface area contributed by atoms with E-state index in [0.29, 0.717) is 0 Å². The average Bonchev–Trinajstić information content (AvgIpc) is 3.06. The van der Waals surface area contributed by atoms with E-state index in [1.165, 1.54) is 0 Å². The van der Waals surface area contributed by atoms with Crippen LogP contribution in [0.25, 0.3) is 5.69 Å². The maximum absolute atomic E-state index is 9.23. The Morgan fingerprint density at radius 2 is 2.05 bits per heavy atom. The summed E-state index contributed by atoms with van der Waals surface area (Å²) < 4.78 is 1.82. The molecule has 6 nitrogen and oxygen atoms in total. The lowest BCUT2D eigenvalue weighted by Gasteiger charge is -2.15. The molecule has 1 aliphatic heterocycles. The molecule has 2 aromatic rings. The Bertz CT molecular complexity index is 589. The van der Waals surface area contributed by atoms with Crippen molar-refractivity contribution in [2.75, 3.05) is 6.61 Å². The molecule has 0 radical (unpaired) electrons. The molecule has 0 unspecified atom stereocenters. The van der Waals surface area contributed by atoms with E-state index in [9.17, 15) is 5.11 Å². The first-order valence-corrected chi connectivity index (χ1v) is 6.92. The van der Waals surface area contributed by atoms with Gasteiger partial charge in [-0.1, -0.05) is 18.2 Å². The van der Waals surface area contributed by atoms with Crippen LogP contribution in [0.15, 0.2) is 18.2 Å². The predicted molar refractivity (Wildman–Crippen MR) is 74.6 cm³/mol. The summed E-state index contributed by atoms with van der Waals surface area (Å²) in [4.78, 5) is 0. The summed E-state index contributed by atoms with van der Waals surface area (Å²) in [7, 11) is 0. The number of aromatic nitrogens is 4. The second-order valence-corrected chi connectivity index (χ2v) is 5.37. The van der Waals surface area contributed by atoms with Gasteiger partial charge < -0.3 is 10.4 Å². The molecule has 0 aliphatic carbocycles. The highest BCUT2D eigenvalue weighted by atomic mass is 16.3. The second-order valence-electron chi connectivity index (χ2n) is 5.37. The van der Waals surface area contributed by atoms with Crippen LogP contribution >= 0.6 is 0 Å². The summed E-state index contributed by atoms with van der Waals surface area (Å²) in [6.07, 6.45) is 1.89. The van der Waals surface area contributed by atoms with Crippen molar-refractivity contribution >= 4 is 0 Å². The molecule has 1 aliphatic rings. The summed E-state index contributed by atoms with van der Waals surface area (Å²) in [6, 6.07) is 6.40. The third kappa shape index (κ3) is 2.21. The Kier molecular flexibility index (Phi) is 3.50. The molecule has 1 fully saturated rings. The van der Waals surface area contributed by atoms with Crippen LogP contribution in [0.2, 0.25) is 0 Å². The minimum absolute atomic E-state index is 0.0983. The number of hydrogen-bond acceptors (Lipinski definition) is 5. The lowest BCUT2D eigenvalue weighted by molar-refractivity contribution is 0.251. The van der Waals surface area contributed by atoms with Crippen LogP contribution in [0, 0.1) is 13.8 Å². The van der Waals surface area contributed by atoms with Crippen molar-refractivity contribution < 1.29 is 5.11 Å². The summed E-state index contributed by atoms with van der Waals surface area (Å²) >= 11 is 0. The van der Waals surface area contributed by atoms with E-state index in [0.717, 1.165) is 35.5 Å². The van der Waals surface area contributed by atoms with Gasteiger partial charge in [0.25, 0.3) is 0 Å². The van der Waals surface area contributed by atoms with E-state index >= 15 is 0 Å². The van der Waals surface area contributed by atoms with E-state index in [1.54, 1.807) is 0 Å². The van der Waals surface area contributed by atoms with Crippen molar-refractivity contribution in [3.05, 3.63) is 35.2 Å². The summed E-state index contributed by atoms with van der Waals surface area (Å²) in [5.41, 5.74) is 3.34. The van der Waals surface area contributed by atoms with E-state index < -0.39 is 0 Å². The molecule has 1 aromatic heterocycles. The van der Waals surface area contributed by atoms with Gasteiger partial charge >= 0.3 is 0 Å². The molecular formula is C14H19N5O. The largest absolute Gasteiger partial charge is 0.395 e. The number of nitrogens with one attached hydrogen (secondary N) is 1. The number of aliphatic hydroxyl groups is 1. The molecular weight excluding hydrogens is 254 g/mol. The van der Waals surface area contributed by atoms with E-state index in [-0.39, 0.29) is 18.7 Å². The molecule has 0 amide bonds. The fraction of sp³-hybridized carbons (Fsp3) is 0.500. The molecule has 106 valence electrons. The van der Waals surface area contributed by atoms with E-state index in [1.807, 2.05) is 10.7 Å². The predicted octanol–water partition coefficient (Wildman–Crippen LogP) is 1.06. The molecule has 2 atom stereocenters. The lowest BCUT2D eigenvalue weighted by atomic mass is 10.1. The normalized spacial score (nSPS) is 22.4. The van der Waals surface area contributed by atoms with Crippen LogP contribution < -0.4 is 5.32 Å². The van der Waals surface area contributed by atoms with Crippen molar-refractivity contribution in [1.29, 1.82) is 0 Å². The van der Waals surface area contributed by atoms with Crippen LogP contribution in [0.3, 0.4) is 0 Å². The Balaban J connectivity index is 1.99. The monoisotopic (exact) mass is 273 g/mol. The molecule has 3 rings (SSSR count). The maximum Gasteiger partial charge on any atom is 0.173 e. The van der Waals surface area contributed by atoms with Crippen LogP contribution in [-0.2, 0) is 0 Å². The molecule has 0 spiro atoms.